The number of ether oxygens (including phenoxy) is 1. The molecule has 8 rings (SSSR count). The Hall–Kier alpha value is -4.89. The Morgan fingerprint density at radius 3 is 2.47 bits per heavy atom. The van der Waals surface area contributed by atoms with Crippen LogP contribution < -0.4 is 15.0 Å². The van der Waals surface area contributed by atoms with Crippen LogP contribution >= 0.6 is 0 Å². The van der Waals surface area contributed by atoms with Crippen LogP contribution in [-0.2, 0) is 22.6 Å². The number of anilines is 1. The van der Waals surface area contributed by atoms with Gasteiger partial charge in [-0.15, -0.1) is 0 Å². The van der Waals surface area contributed by atoms with Crippen LogP contribution in [0.1, 0.15) is 89.9 Å². The zero-order chi connectivity index (χ0) is 36.3. The summed E-state index contributed by atoms with van der Waals surface area (Å²) >= 11 is 0. The molecule has 2 saturated heterocycles. The number of nitrogens with zero attached hydrogens (tertiary/aromatic N) is 3. The van der Waals surface area contributed by atoms with Crippen molar-refractivity contribution in [1.82, 2.24) is 15.1 Å². The third kappa shape index (κ3) is 7.63. The topological polar surface area (TPSA) is 102 Å². The molecule has 276 valence electrons. The van der Waals surface area contributed by atoms with Gasteiger partial charge in [-0.25, -0.2) is 0 Å². The number of rotatable bonds is 11. The number of phenols is 1. The molecule has 3 aromatic carbocycles. The Balaban J connectivity index is 0.778. The van der Waals surface area contributed by atoms with Crippen LogP contribution in [0.15, 0.2) is 84.5 Å². The van der Waals surface area contributed by atoms with Crippen LogP contribution in [0.3, 0.4) is 0 Å². The number of hydrogen-bond acceptors (Lipinski definition) is 7. The standard InChI is InChI=1S/C44H50N4O5/c49-35-14-17-38-32(27-35)11-16-37(30-7-3-1-4-8-30)42(38)31-9-12-34(13-10-31)47-24-22-46(23-25-47)21-5-2-6-26-53-36-15-18-39-33(28-36)29-48(44(39)52)40-19-20-41(50)45-43(40)51/h3,7-10,12-15,17-18,27-28,37,40,42,49H,1-2,4-6,11,16,19-26,29H2,(H,45,50,51). The molecule has 2 fully saturated rings. The summed E-state index contributed by atoms with van der Waals surface area (Å²) in [7, 11) is 0. The van der Waals surface area contributed by atoms with Crippen LogP contribution in [0.5, 0.6) is 11.5 Å². The van der Waals surface area contributed by atoms with Gasteiger partial charge in [-0.3, -0.25) is 24.6 Å². The molecular formula is C44H50N4O5. The Bertz CT molecular complexity index is 1910. The van der Waals surface area contributed by atoms with Gasteiger partial charge in [0.05, 0.1) is 6.61 Å². The molecule has 3 atom stereocenters. The van der Waals surface area contributed by atoms with E-state index in [-0.39, 0.29) is 18.2 Å². The number of carbonyl (C=O) groups is 3. The van der Waals surface area contributed by atoms with Gasteiger partial charge in [0.1, 0.15) is 17.5 Å². The van der Waals surface area contributed by atoms with Gasteiger partial charge < -0.3 is 19.6 Å². The Morgan fingerprint density at radius 1 is 0.830 bits per heavy atom. The van der Waals surface area contributed by atoms with E-state index in [2.05, 4.69) is 63.7 Å². The summed E-state index contributed by atoms with van der Waals surface area (Å²) in [6.45, 7) is 6.24. The van der Waals surface area contributed by atoms with Crippen LogP contribution in [-0.4, -0.2) is 78.0 Å². The van der Waals surface area contributed by atoms with Gasteiger partial charge in [0.15, 0.2) is 0 Å². The molecule has 0 aromatic heterocycles. The summed E-state index contributed by atoms with van der Waals surface area (Å²) in [4.78, 5) is 43.5. The smallest absolute Gasteiger partial charge is 0.255 e. The molecule has 0 radical (unpaired) electrons. The number of benzene rings is 3. The van der Waals surface area contributed by atoms with E-state index in [0.717, 1.165) is 89.0 Å². The molecule has 3 amide bonds. The highest BCUT2D eigenvalue weighted by Gasteiger charge is 2.39. The van der Waals surface area contributed by atoms with Gasteiger partial charge in [0.2, 0.25) is 11.8 Å². The van der Waals surface area contributed by atoms with E-state index in [4.69, 9.17) is 4.74 Å². The summed E-state index contributed by atoms with van der Waals surface area (Å²) in [5.74, 6) is 1.01. The fraction of sp³-hybridized carbons (Fsp3) is 0.432. The predicted molar refractivity (Wildman–Crippen MR) is 205 cm³/mol. The maximum absolute atomic E-state index is 13.0. The fourth-order valence-electron chi connectivity index (χ4n) is 9.05. The van der Waals surface area contributed by atoms with E-state index in [9.17, 15) is 19.5 Å². The quantitative estimate of drug-likeness (QED) is 0.173. The zero-order valence-corrected chi connectivity index (χ0v) is 30.5. The Kier molecular flexibility index (Phi) is 10.4. The second-order valence-electron chi connectivity index (χ2n) is 15.2. The molecule has 3 heterocycles. The minimum Gasteiger partial charge on any atom is -0.508 e. The molecule has 2 aliphatic carbocycles. The number of nitrogens with one attached hydrogen (secondary N) is 1. The van der Waals surface area contributed by atoms with Crippen molar-refractivity contribution in [2.75, 3.05) is 44.2 Å². The minimum absolute atomic E-state index is 0.164. The Morgan fingerprint density at radius 2 is 1.68 bits per heavy atom. The van der Waals surface area contributed by atoms with Crippen molar-refractivity contribution in [1.29, 1.82) is 0 Å². The first-order valence-electron chi connectivity index (χ1n) is 19.6. The second-order valence-corrected chi connectivity index (χ2v) is 15.2. The first-order chi connectivity index (χ1) is 25.9. The highest BCUT2D eigenvalue weighted by Crippen LogP contribution is 2.46. The number of aromatic hydroxyl groups is 1. The average molecular weight is 715 g/mol. The Labute approximate surface area is 312 Å². The lowest BCUT2D eigenvalue weighted by Crippen LogP contribution is -2.52. The average Bonchev–Trinajstić information content (AvgIpc) is 3.51. The third-order valence-electron chi connectivity index (χ3n) is 11.9. The van der Waals surface area contributed by atoms with Crippen molar-refractivity contribution in [2.45, 2.75) is 76.3 Å². The number of carbonyl (C=O) groups excluding carboxylic acids is 3. The molecule has 5 aliphatic rings. The zero-order valence-electron chi connectivity index (χ0n) is 30.5. The summed E-state index contributed by atoms with van der Waals surface area (Å²) in [6.07, 6.45) is 15.2. The number of amides is 3. The molecular weight excluding hydrogens is 665 g/mol. The highest BCUT2D eigenvalue weighted by molar-refractivity contribution is 6.05. The van der Waals surface area contributed by atoms with Crippen molar-refractivity contribution in [2.24, 2.45) is 5.92 Å². The molecule has 9 nitrogen and oxygen atoms in total. The largest absolute Gasteiger partial charge is 0.508 e. The number of allylic oxidation sites excluding steroid dienone is 4. The van der Waals surface area contributed by atoms with Crippen molar-refractivity contribution in [3.8, 4) is 11.5 Å². The van der Waals surface area contributed by atoms with Crippen LogP contribution in [0.2, 0.25) is 0 Å². The lowest BCUT2D eigenvalue weighted by Gasteiger charge is -2.37. The second kappa shape index (κ2) is 15.6. The van der Waals surface area contributed by atoms with Crippen molar-refractivity contribution >= 4 is 23.4 Å². The van der Waals surface area contributed by atoms with E-state index < -0.39 is 11.9 Å². The number of fused-ring (bicyclic) bond motifs is 2. The summed E-state index contributed by atoms with van der Waals surface area (Å²) in [5, 5.41) is 12.6. The molecule has 3 aromatic rings. The van der Waals surface area contributed by atoms with Crippen LogP contribution in [0, 0.1) is 5.92 Å². The number of imide groups is 1. The molecule has 53 heavy (non-hydrogen) atoms. The molecule has 0 saturated carbocycles. The molecule has 0 bridgehead atoms. The molecule has 9 heteroatoms. The van der Waals surface area contributed by atoms with Gasteiger partial charge in [-0.05, 0) is 134 Å². The highest BCUT2D eigenvalue weighted by atomic mass is 16.5. The van der Waals surface area contributed by atoms with E-state index in [1.54, 1.807) is 11.0 Å². The molecule has 2 N–H and O–H groups in total. The van der Waals surface area contributed by atoms with Gasteiger partial charge in [-0.2, -0.15) is 0 Å². The maximum Gasteiger partial charge on any atom is 0.255 e. The SMILES string of the molecule is O=C1CCC(N2Cc3cc(OCCCCCN4CCN(c5ccc(C6c7ccc(O)cc7CCC6C6=CCCC=C6)cc5)CC4)ccc3C2=O)C(=O)N1. The van der Waals surface area contributed by atoms with Gasteiger partial charge in [0, 0.05) is 56.3 Å². The van der Waals surface area contributed by atoms with E-state index in [0.29, 0.717) is 42.7 Å². The number of unbranched alkanes of at least 4 members (excludes halogenated alkanes) is 2. The maximum atomic E-state index is 13.0. The third-order valence-corrected chi connectivity index (χ3v) is 11.9. The molecule has 0 spiro atoms. The van der Waals surface area contributed by atoms with E-state index >= 15 is 0 Å². The monoisotopic (exact) mass is 714 g/mol. The van der Waals surface area contributed by atoms with Crippen LogP contribution in [0.25, 0.3) is 0 Å². The molecule has 3 unspecified atom stereocenters. The fourth-order valence-corrected chi connectivity index (χ4v) is 9.05. The van der Waals surface area contributed by atoms with Gasteiger partial charge in [-0.1, -0.05) is 36.4 Å². The number of hydrogen-bond donors (Lipinski definition) is 2. The number of phenolic OH excluding ortho intramolecular Hbond substituents is 1. The minimum atomic E-state index is -0.606. The number of aryl methyl sites for hydroxylation is 1. The normalized spacial score (nSPS) is 23.1. The first-order valence-corrected chi connectivity index (χ1v) is 19.6. The van der Waals surface area contributed by atoms with Crippen molar-refractivity contribution in [3.63, 3.8) is 0 Å². The first kappa shape index (κ1) is 35.2. The summed E-state index contributed by atoms with van der Waals surface area (Å²) in [6, 6.07) is 20.2. The van der Waals surface area contributed by atoms with Crippen molar-refractivity contribution < 1.29 is 24.2 Å². The molecule has 3 aliphatic heterocycles. The van der Waals surface area contributed by atoms with Crippen molar-refractivity contribution in [3.05, 3.63) is 112 Å². The lowest BCUT2D eigenvalue weighted by molar-refractivity contribution is -0.136. The van der Waals surface area contributed by atoms with Gasteiger partial charge in [0.25, 0.3) is 5.91 Å². The lowest BCUT2D eigenvalue weighted by atomic mass is 9.68. The van der Waals surface area contributed by atoms with E-state index in [1.165, 1.54) is 28.0 Å². The number of piperazine rings is 1. The predicted octanol–water partition coefficient (Wildman–Crippen LogP) is 6.50. The summed E-state index contributed by atoms with van der Waals surface area (Å²) < 4.78 is 6.05. The number of piperidine rings is 1. The van der Waals surface area contributed by atoms with Crippen LogP contribution in [0.4, 0.5) is 5.69 Å². The van der Waals surface area contributed by atoms with Gasteiger partial charge >= 0.3 is 0 Å². The van der Waals surface area contributed by atoms with E-state index in [1.807, 2.05) is 24.3 Å². The summed E-state index contributed by atoms with van der Waals surface area (Å²) in [5.41, 5.74) is 8.21.